The third-order valence-electron chi connectivity index (χ3n) is 5.83. The number of rotatable bonds is 5. The van der Waals surface area contributed by atoms with E-state index in [0.29, 0.717) is 28.5 Å². The summed E-state index contributed by atoms with van der Waals surface area (Å²) in [6.07, 6.45) is 5.00. The first-order chi connectivity index (χ1) is 14.4. The number of amides is 1. The summed E-state index contributed by atoms with van der Waals surface area (Å²) in [6.45, 7) is 3.79. The van der Waals surface area contributed by atoms with Crippen LogP contribution in [0.5, 0.6) is 11.6 Å². The van der Waals surface area contributed by atoms with Gasteiger partial charge in [0.1, 0.15) is 11.9 Å². The normalized spacial score (nSPS) is 18.0. The predicted octanol–water partition coefficient (Wildman–Crippen LogP) is 3.52. The van der Waals surface area contributed by atoms with Crippen molar-refractivity contribution in [2.45, 2.75) is 45.1 Å². The van der Waals surface area contributed by atoms with Crippen molar-refractivity contribution in [3.8, 4) is 17.7 Å². The van der Waals surface area contributed by atoms with E-state index in [1.54, 1.807) is 25.4 Å². The predicted molar refractivity (Wildman–Crippen MR) is 112 cm³/mol. The van der Waals surface area contributed by atoms with Crippen LogP contribution >= 0.6 is 0 Å². The molecule has 1 atom stereocenters. The van der Waals surface area contributed by atoms with Crippen LogP contribution in [0.25, 0.3) is 0 Å². The van der Waals surface area contributed by atoms with E-state index in [1.807, 2.05) is 19.9 Å². The molecule has 4 rings (SSSR count). The van der Waals surface area contributed by atoms with E-state index in [2.05, 4.69) is 16.4 Å². The Hall–Kier alpha value is -3.53. The van der Waals surface area contributed by atoms with Gasteiger partial charge < -0.3 is 20.5 Å². The lowest BCUT2D eigenvalue weighted by molar-refractivity contribution is -0.114. The first-order valence-electron chi connectivity index (χ1n) is 9.96. The van der Waals surface area contributed by atoms with Crippen molar-refractivity contribution in [1.82, 2.24) is 4.98 Å². The highest BCUT2D eigenvalue weighted by molar-refractivity contribution is 5.98. The number of anilines is 1. The standard InChI is InChI=1S/C23H24N4O3/c1-12-11-26-23(30-15-5-4-6-15)20-19(18(22(25)28)13(2)27-21(12)20)16-8-7-14(10-24)9-17(16)29-3/h7-9,11,15,19,27H,4-6H2,1-3H3,(H2,25,28)/t19-/m0/s1. The monoisotopic (exact) mass is 404 g/mol. The Labute approximate surface area is 175 Å². The molecular formula is C23H24N4O3. The summed E-state index contributed by atoms with van der Waals surface area (Å²) in [6, 6.07) is 7.31. The fraction of sp³-hybridized carbons (Fsp3) is 0.348. The lowest BCUT2D eigenvalue weighted by Crippen LogP contribution is -2.30. The minimum absolute atomic E-state index is 0.122. The smallest absolute Gasteiger partial charge is 0.247 e. The third-order valence-corrected chi connectivity index (χ3v) is 5.83. The minimum Gasteiger partial charge on any atom is -0.496 e. The van der Waals surface area contributed by atoms with Gasteiger partial charge in [-0.1, -0.05) is 6.07 Å². The Morgan fingerprint density at radius 1 is 1.33 bits per heavy atom. The Morgan fingerprint density at radius 3 is 2.70 bits per heavy atom. The van der Waals surface area contributed by atoms with Gasteiger partial charge in [-0.2, -0.15) is 5.26 Å². The van der Waals surface area contributed by atoms with Crippen LogP contribution in [0.4, 0.5) is 5.69 Å². The van der Waals surface area contributed by atoms with E-state index in [0.717, 1.165) is 41.6 Å². The molecule has 7 nitrogen and oxygen atoms in total. The topological polar surface area (TPSA) is 110 Å². The Balaban J connectivity index is 1.97. The molecule has 0 spiro atoms. The number of nitriles is 1. The quantitative estimate of drug-likeness (QED) is 0.789. The second kappa shape index (κ2) is 7.71. The maximum absolute atomic E-state index is 12.5. The molecule has 1 saturated carbocycles. The molecule has 2 aromatic rings. The second-order valence-corrected chi connectivity index (χ2v) is 7.74. The number of aryl methyl sites for hydroxylation is 1. The molecule has 3 N–H and O–H groups in total. The number of nitrogens with zero attached hydrogens (tertiary/aromatic N) is 2. The van der Waals surface area contributed by atoms with Gasteiger partial charge in [0.15, 0.2) is 0 Å². The molecule has 0 radical (unpaired) electrons. The molecule has 30 heavy (non-hydrogen) atoms. The number of methoxy groups -OCH3 is 1. The van der Waals surface area contributed by atoms with Gasteiger partial charge in [0.05, 0.1) is 35.9 Å². The average molecular weight is 404 g/mol. The number of ether oxygens (including phenoxy) is 2. The zero-order chi connectivity index (χ0) is 21.4. The number of nitrogens with one attached hydrogen (secondary N) is 1. The molecule has 1 aromatic carbocycles. The minimum atomic E-state index is -0.529. The van der Waals surface area contributed by atoms with Crippen LogP contribution in [0.2, 0.25) is 0 Å². The molecule has 1 aliphatic carbocycles. The number of carbonyl (C=O) groups is 1. The van der Waals surface area contributed by atoms with Crippen molar-refractivity contribution < 1.29 is 14.3 Å². The SMILES string of the molecule is COc1cc(C#N)ccc1[C@H]1C(C(N)=O)=C(C)Nc2c(C)cnc(OC3CCC3)c21. The largest absolute Gasteiger partial charge is 0.496 e. The van der Waals surface area contributed by atoms with Crippen LogP contribution < -0.4 is 20.5 Å². The first kappa shape index (κ1) is 19.8. The highest BCUT2D eigenvalue weighted by Crippen LogP contribution is 2.49. The van der Waals surface area contributed by atoms with Crippen molar-refractivity contribution in [1.29, 1.82) is 5.26 Å². The molecule has 154 valence electrons. The number of nitrogens with two attached hydrogens (primary N) is 1. The van der Waals surface area contributed by atoms with Crippen molar-refractivity contribution in [3.05, 3.63) is 57.9 Å². The summed E-state index contributed by atoms with van der Waals surface area (Å²) in [5, 5.41) is 12.6. The van der Waals surface area contributed by atoms with E-state index in [9.17, 15) is 10.1 Å². The second-order valence-electron chi connectivity index (χ2n) is 7.74. The van der Waals surface area contributed by atoms with Gasteiger partial charge in [-0.05, 0) is 50.8 Å². The van der Waals surface area contributed by atoms with Gasteiger partial charge in [-0.25, -0.2) is 4.98 Å². The zero-order valence-electron chi connectivity index (χ0n) is 17.3. The average Bonchev–Trinajstić information content (AvgIpc) is 2.70. The lowest BCUT2D eigenvalue weighted by atomic mass is 9.79. The van der Waals surface area contributed by atoms with Gasteiger partial charge in [-0.3, -0.25) is 4.79 Å². The molecule has 2 heterocycles. The summed E-state index contributed by atoms with van der Waals surface area (Å²) in [7, 11) is 1.54. The molecule has 1 amide bonds. The van der Waals surface area contributed by atoms with Crippen molar-refractivity contribution in [2.24, 2.45) is 5.73 Å². The number of aromatic nitrogens is 1. The van der Waals surface area contributed by atoms with Gasteiger partial charge in [0.2, 0.25) is 11.8 Å². The number of allylic oxidation sites excluding steroid dienone is 1. The fourth-order valence-corrected chi connectivity index (χ4v) is 4.06. The van der Waals surface area contributed by atoms with Gasteiger partial charge in [0.25, 0.3) is 0 Å². The number of primary amides is 1. The fourth-order valence-electron chi connectivity index (χ4n) is 4.06. The summed E-state index contributed by atoms with van der Waals surface area (Å²) >= 11 is 0. The van der Waals surface area contributed by atoms with E-state index in [-0.39, 0.29) is 6.10 Å². The zero-order valence-corrected chi connectivity index (χ0v) is 17.3. The number of pyridine rings is 1. The maximum atomic E-state index is 12.5. The highest BCUT2D eigenvalue weighted by Gasteiger charge is 2.37. The molecule has 1 aliphatic heterocycles. The van der Waals surface area contributed by atoms with E-state index in [1.165, 1.54) is 0 Å². The Bertz CT molecular complexity index is 1100. The van der Waals surface area contributed by atoms with E-state index < -0.39 is 11.8 Å². The van der Waals surface area contributed by atoms with Crippen LogP contribution in [-0.2, 0) is 4.79 Å². The summed E-state index contributed by atoms with van der Waals surface area (Å²) in [5.41, 5.74) is 10.7. The molecular weight excluding hydrogens is 380 g/mol. The van der Waals surface area contributed by atoms with Crippen LogP contribution in [0.1, 0.15) is 54.4 Å². The first-order valence-corrected chi connectivity index (χ1v) is 9.96. The van der Waals surface area contributed by atoms with Crippen LogP contribution in [0, 0.1) is 18.3 Å². The Kier molecular flexibility index (Phi) is 5.08. The van der Waals surface area contributed by atoms with Crippen molar-refractivity contribution >= 4 is 11.6 Å². The molecule has 0 saturated heterocycles. The van der Waals surface area contributed by atoms with Crippen LogP contribution in [-0.4, -0.2) is 24.1 Å². The highest BCUT2D eigenvalue weighted by atomic mass is 16.5. The number of fused-ring (bicyclic) bond motifs is 1. The van der Waals surface area contributed by atoms with Crippen LogP contribution in [0.3, 0.4) is 0 Å². The maximum Gasteiger partial charge on any atom is 0.247 e. The van der Waals surface area contributed by atoms with Gasteiger partial charge in [-0.15, -0.1) is 0 Å². The lowest BCUT2D eigenvalue weighted by Gasteiger charge is -2.34. The molecule has 7 heteroatoms. The van der Waals surface area contributed by atoms with Crippen molar-refractivity contribution in [3.63, 3.8) is 0 Å². The van der Waals surface area contributed by atoms with Crippen LogP contribution in [0.15, 0.2) is 35.7 Å². The Morgan fingerprint density at radius 2 is 2.10 bits per heavy atom. The van der Waals surface area contributed by atoms with Gasteiger partial charge in [0, 0.05) is 23.0 Å². The number of benzene rings is 1. The summed E-state index contributed by atoms with van der Waals surface area (Å²) < 4.78 is 11.8. The summed E-state index contributed by atoms with van der Waals surface area (Å²) in [5.74, 6) is -0.0490. The van der Waals surface area contributed by atoms with Gasteiger partial charge >= 0.3 is 0 Å². The van der Waals surface area contributed by atoms with E-state index >= 15 is 0 Å². The van der Waals surface area contributed by atoms with Crippen molar-refractivity contribution in [2.75, 3.05) is 12.4 Å². The molecule has 2 aliphatic rings. The van der Waals surface area contributed by atoms with E-state index in [4.69, 9.17) is 15.2 Å². The number of carbonyl (C=O) groups excluding carboxylic acids is 1. The molecule has 0 bridgehead atoms. The molecule has 0 unspecified atom stereocenters. The number of hydrogen-bond acceptors (Lipinski definition) is 6. The number of hydrogen-bond donors (Lipinski definition) is 2. The molecule has 1 fully saturated rings. The molecule has 1 aromatic heterocycles. The summed E-state index contributed by atoms with van der Waals surface area (Å²) in [4.78, 5) is 17.1. The third kappa shape index (κ3) is 3.24.